The first-order valence-electron chi connectivity index (χ1n) is 11.5. The molecule has 0 aliphatic carbocycles. The SMILES string of the molecule is CCC/C=C(\c1ccc(Nc2ccc(C)c(CCC)c2)cc1C)C1CCNCC1. The Kier molecular flexibility index (Phi) is 7.94. The maximum atomic E-state index is 3.63. The number of benzene rings is 2. The summed E-state index contributed by atoms with van der Waals surface area (Å²) in [4.78, 5) is 0. The molecule has 0 bridgehead atoms. The lowest BCUT2D eigenvalue weighted by atomic mass is 9.83. The highest BCUT2D eigenvalue weighted by atomic mass is 14.9. The van der Waals surface area contributed by atoms with Crippen LogP contribution >= 0.6 is 0 Å². The van der Waals surface area contributed by atoms with Crippen molar-refractivity contribution in [2.45, 2.75) is 66.2 Å². The van der Waals surface area contributed by atoms with Gasteiger partial charge in [-0.25, -0.2) is 0 Å². The van der Waals surface area contributed by atoms with E-state index in [0.29, 0.717) is 5.92 Å². The van der Waals surface area contributed by atoms with Crippen LogP contribution in [0, 0.1) is 19.8 Å². The average molecular weight is 391 g/mol. The molecule has 2 heteroatoms. The molecule has 1 aliphatic heterocycles. The van der Waals surface area contributed by atoms with E-state index in [-0.39, 0.29) is 0 Å². The minimum atomic E-state index is 0.689. The van der Waals surface area contributed by atoms with Crippen molar-refractivity contribution in [3.05, 3.63) is 64.7 Å². The van der Waals surface area contributed by atoms with E-state index in [1.54, 1.807) is 5.57 Å². The second kappa shape index (κ2) is 10.6. The summed E-state index contributed by atoms with van der Waals surface area (Å²) in [5.74, 6) is 0.689. The van der Waals surface area contributed by atoms with Crippen LogP contribution in [0.5, 0.6) is 0 Å². The minimum Gasteiger partial charge on any atom is -0.356 e. The van der Waals surface area contributed by atoms with E-state index in [0.717, 1.165) is 19.5 Å². The molecule has 0 saturated carbocycles. The minimum absolute atomic E-state index is 0.689. The van der Waals surface area contributed by atoms with Gasteiger partial charge >= 0.3 is 0 Å². The Bertz CT molecular complexity index is 828. The zero-order valence-electron chi connectivity index (χ0n) is 18.8. The molecule has 1 fully saturated rings. The summed E-state index contributed by atoms with van der Waals surface area (Å²) in [7, 11) is 0. The molecule has 1 saturated heterocycles. The summed E-state index contributed by atoms with van der Waals surface area (Å²) in [6.45, 7) is 11.3. The summed E-state index contributed by atoms with van der Waals surface area (Å²) < 4.78 is 0. The Labute approximate surface area is 177 Å². The van der Waals surface area contributed by atoms with Crippen molar-refractivity contribution in [1.29, 1.82) is 0 Å². The van der Waals surface area contributed by atoms with E-state index < -0.39 is 0 Å². The second-order valence-corrected chi connectivity index (χ2v) is 8.52. The van der Waals surface area contributed by atoms with Crippen molar-refractivity contribution in [2.75, 3.05) is 18.4 Å². The third-order valence-electron chi connectivity index (χ3n) is 6.13. The number of allylic oxidation sites excluding steroid dienone is 2. The molecule has 0 unspecified atom stereocenters. The van der Waals surface area contributed by atoms with E-state index in [2.05, 4.69) is 80.8 Å². The predicted octanol–water partition coefficient (Wildman–Crippen LogP) is 7.18. The number of nitrogens with one attached hydrogen (secondary N) is 2. The van der Waals surface area contributed by atoms with Gasteiger partial charge in [0.05, 0.1) is 0 Å². The zero-order valence-corrected chi connectivity index (χ0v) is 18.8. The maximum Gasteiger partial charge on any atom is 0.0387 e. The van der Waals surface area contributed by atoms with Gasteiger partial charge in [0.15, 0.2) is 0 Å². The van der Waals surface area contributed by atoms with Gasteiger partial charge in [-0.15, -0.1) is 0 Å². The van der Waals surface area contributed by atoms with Gasteiger partial charge in [0.2, 0.25) is 0 Å². The predicted molar refractivity (Wildman–Crippen MR) is 128 cm³/mol. The van der Waals surface area contributed by atoms with Crippen LogP contribution in [-0.4, -0.2) is 13.1 Å². The molecule has 0 amide bonds. The van der Waals surface area contributed by atoms with Gasteiger partial charge in [0, 0.05) is 11.4 Å². The number of unbranched alkanes of at least 4 members (excludes halogenated alkanes) is 1. The van der Waals surface area contributed by atoms with E-state index in [4.69, 9.17) is 0 Å². The van der Waals surface area contributed by atoms with Crippen molar-refractivity contribution in [3.63, 3.8) is 0 Å². The van der Waals surface area contributed by atoms with Crippen LogP contribution in [0.25, 0.3) is 5.57 Å². The Morgan fingerprint density at radius 3 is 2.38 bits per heavy atom. The quantitative estimate of drug-likeness (QED) is 0.499. The zero-order chi connectivity index (χ0) is 20.6. The average Bonchev–Trinajstić information content (AvgIpc) is 2.73. The molecular formula is C27H38N2. The van der Waals surface area contributed by atoms with Crippen molar-refractivity contribution in [3.8, 4) is 0 Å². The smallest absolute Gasteiger partial charge is 0.0387 e. The third-order valence-corrected chi connectivity index (χ3v) is 6.13. The first-order valence-corrected chi connectivity index (χ1v) is 11.5. The summed E-state index contributed by atoms with van der Waals surface area (Å²) in [5.41, 5.74) is 9.57. The molecule has 0 atom stereocenters. The van der Waals surface area contributed by atoms with Gasteiger partial charge < -0.3 is 10.6 Å². The monoisotopic (exact) mass is 390 g/mol. The molecule has 1 aliphatic rings. The molecule has 156 valence electrons. The van der Waals surface area contributed by atoms with Crippen LogP contribution in [0.4, 0.5) is 11.4 Å². The molecule has 29 heavy (non-hydrogen) atoms. The largest absolute Gasteiger partial charge is 0.356 e. The molecule has 0 spiro atoms. The van der Waals surface area contributed by atoms with Crippen LogP contribution in [0.1, 0.15) is 68.2 Å². The van der Waals surface area contributed by atoms with Crippen LogP contribution in [0.15, 0.2) is 42.5 Å². The Balaban J connectivity index is 1.82. The topological polar surface area (TPSA) is 24.1 Å². The van der Waals surface area contributed by atoms with E-state index in [9.17, 15) is 0 Å². The highest BCUT2D eigenvalue weighted by Gasteiger charge is 2.20. The lowest BCUT2D eigenvalue weighted by molar-refractivity contribution is 0.446. The molecule has 2 aromatic carbocycles. The highest BCUT2D eigenvalue weighted by Crippen LogP contribution is 2.34. The molecule has 1 heterocycles. The molecule has 3 rings (SSSR count). The van der Waals surface area contributed by atoms with Gasteiger partial charge in [0.25, 0.3) is 0 Å². The summed E-state index contributed by atoms with van der Waals surface area (Å²) in [6, 6.07) is 13.6. The summed E-state index contributed by atoms with van der Waals surface area (Å²) >= 11 is 0. The van der Waals surface area contributed by atoms with Crippen molar-refractivity contribution in [1.82, 2.24) is 5.32 Å². The van der Waals surface area contributed by atoms with Crippen molar-refractivity contribution < 1.29 is 0 Å². The normalized spacial score (nSPS) is 15.5. The number of hydrogen-bond donors (Lipinski definition) is 2. The number of piperidine rings is 1. The van der Waals surface area contributed by atoms with Gasteiger partial charge in [-0.1, -0.05) is 44.9 Å². The van der Waals surface area contributed by atoms with Crippen molar-refractivity contribution >= 4 is 16.9 Å². The fraction of sp³-hybridized carbons (Fsp3) is 0.481. The standard InChI is InChI=1S/C27H38N2/c1-5-7-9-27(22-14-16-28-17-15-22)26-13-12-24(18-21(26)4)29-25-11-10-20(3)23(19-25)8-6-2/h9-13,18-19,22,28-29H,5-8,14-17H2,1-4H3/b27-9-. The molecule has 0 radical (unpaired) electrons. The Hall–Kier alpha value is -2.06. The molecule has 2 aromatic rings. The van der Waals surface area contributed by atoms with Crippen LogP contribution < -0.4 is 10.6 Å². The summed E-state index contributed by atoms with van der Waals surface area (Å²) in [6.07, 6.45) is 9.70. The number of rotatable bonds is 8. The molecule has 0 aromatic heterocycles. The first-order chi connectivity index (χ1) is 14.1. The first kappa shape index (κ1) is 21.6. The van der Waals surface area contributed by atoms with Crippen LogP contribution in [0.3, 0.4) is 0 Å². The van der Waals surface area contributed by atoms with E-state index in [1.165, 1.54) is 65.7 Å². The fourth-order valence-electron chi connectivity index (χ4n) is 4.45. The van der Waals surface area contributed by atoms with E-state index >= 15 is 0 Å². The number of hydrogen-bond acceptors (Lipinski definition) is 2. The lowest BCUT2D eigenvalue weighted by Crippen LogP contribution is -2.28. The van der Waals surface area contributed by atoms with E-state index in [1.807, 2.05) is 0 Å². The van der Waals surface area contributed by atoms with Crippen molar-refractivity contribution in [2.24, 2.45) is 5.92 Å². The molecule has 2 N–H and O–H groups in total. The highest BCUT2D eigenvalue weighted by molar-refractivity contribution is 5.73. The van der Waals surface area contributed by atoms with Crippen LogP contribution in [0.2, 0.25) is 0 Å². The third kappa shape index (κ3) is 5.73. The van der Waals surface area contributed by atoms with Gasteiger partial charge in [0.1, 0.15) is 0 Å². The summed E-state index contributed by atoms with van der Waals surface area (Å²) in [5, 5.41) is 7.14. The maximum absolute atomic E-state index is 3.63. The Morgan fingerprint density at radius 1 is 0.966 bits per heavy atom. The molecule has 2 nitrogen and oxygen atoms in total. The van der Waals surface area contributed by atoms with Gasteiger partial charge in [-0.05, 0) is 111 Å². The number of anilines is 2. The lowest BCUT2D eigenvalue weighted by Gasteiger charge is -2.27. The van der Waals surface area contributed by atoms with Crippen LogP contribution in [-0.2, 0) is 6.42 Å². The fourth-order valence-corrected chi connectivity index (χ4v) is 4.45. The second-order valence-electron chi connectivity index (χ2n) is 8.52. The molecular weight excluding hydrogens is 352 g/mol. The Morgan fingerprint density at radius 2 is 1.69 bits per heavy atom. The number of aryl methyl sites for hydroxylation is 3. The van der Waals surface area contributed by atoms with Gasteiger partial charge in [-0.3, -0.25) is 0 Å². The van der Waals surface area contributed by atoms with Gasteiger partial charge in [-0.2, -0.15) is 0 Å².